The van der Waals surface area contributed by atoms with Crippen LogP contribution < -0.4 is 19.7 Å². The van der Waals surface area contributed by atoms with E-state index >= 15 is 0 Å². The van der Waals surface area contributed by atoms with Crippen LogP contribution in [0, 0.1) is 5.82 Å². The van der Waals surface area contributed by atoms with Crippen LogP contribution in [0.3, 0.4) is 0 Å². The smallest absolute Gasteiger partial charge is 0.234 e. The predicted molar refractivity (Wildman–Crippen MR) is 124 cm³/mol. The lowest BCUT2D eigenvalue weighted by molar-refractivity contribution is -0.118. The van der Waals surface area contributed by atoms with Crippen molar-refractivity contribution in [2.45, 2.75) is 25.9 Å². The number of nitrogens with one attached hydrogen (secondary N) is 1. The van der Waals surface area contributed by atoms with E-state index in [9.17, 15) is 14.3 Å². The Morgan fingerprint density at radius 3 is 2.66 bits per heavy atom. The van der Waals surface area contributed by atoms with Gasteiger partial charge in [0.05, 0.1) is 19.4 Å². The van der Waals surface area contributed by atoms with Crippen molar-refractivity contribution in [3.8, 4) is 11.5 Å². The first-order valence-electron chi connectivity index (χ1n) is 10.6. The molecule has 0 aromatic heterocycles. The third kappa shape index (κ3) is 5.34. The molecular formula is C24H28ClFN2O4. The van der Waals surface area contributed by atoms with Crippen LogP contribution in [0.5, 0.6) is 11.5 Å². The Balaban J connectivity index is 1.98. The molecule has 172 valence electrons. The molecule has 1 unspecified atom stereocenters. The maximum atomic E-state index is 15.0. The third-order valence-corrected chi connectivity index (χ3v) is 5.42. The highest BCUT2D eigenvalue weighted by atomic mass is 35.5. The zero-order valence-corrected chi connectivity index (χ0v) is 19.0. The number of alkyl halides is 1. The number of fused-ring (bicyclic) bond motifs is 1. The second-order valence-electron chi connectivity index (χ2n) is 7.40. The Bertz CT molecular complexity index is 965. The highest BCUT2D eigenvalue weighted by molar-refractivity contribution is 6.27. The summed E-state index contributed by atoms with van der Waals surface area (Å²) in [6.45, 7) is 3.37. The molecule has 32 heavy (non-hydrogen) atoms. The molecule has 1 heterocycles. The number of benzene rings is 2. The summed E-state index contributed by atoms with van der Waals surface area (Å²) in [4.78, 5) is 13.3. The van der Waals surface area contributed by atoms with Crippen LogP contribution in [0.15, 0.2) is 42.6 Å². The quantitative estimate of drug-likeness (QED) is 0.407. The van der Waals surface area contributed by atoms with Gasteiger partial charge in [0.2, 0.25) is 5.91 Å². The molecule has 1 amide bonds. The molecule has 2 aromatic carbocycles. The van der Waals surface area contributed by atoms with E-state index in [2.05, 4.69) is 5.32 Å². The van der Waals surface area contributed by atoms with E-state index in [1.54, 1.807) is 25.3 Å². The fourth-order valence-corrected chi connectivity index (χ4v) is 3.72. The van der Waals surface area contributed by atoms with Gasteiger partial charge in [0.1, 0.15) is 29.3 Å². The van der Waals surface area contributed by atoms with Gasteiger partial charge in [-0.1, -0.05) is 19.1 Å². The minimum atomic E-state index is -1.16. The summed E-state index contributed by atoms with van der Waals surface area (Å²) in [6.07, 6.45) is 2.05. The van der Waals surface area contributed by atoms with Gasteiger partial charge in [-0.2, -0.15) is 0 Å². The number of rotatable bonds is 10. The molecule has 1 aliphatic rings. The second-order valence-corrected chi connectivity index (χ2v) is 7.67. The predicted octanol–water partition coefficient (Wildman–Crippen LogP) is 4.26. The number of amides is 1. The van der Waals surface area contributed by atoms with Crippen LogP contribution in [0.4, 0.5) is 10.1 Å². The zero-order chi connectivity index (χ0) is 23.1. The van der Waals surface area contributed by atoms with Gasteiger partial charge in [-0.15, -0.1) is 11.6 Å². The fraction of sp³-hybridized carbons (Fsp3) is 0.375. The van der Waals surface area contributed by atoms with Crippen LogP contribution in [0.2, 0.25) is 0 Å². The second kappa shape index (κ2) is 11.2. The lowest BCUT2D eigenvalue weighted by Crippen LogP contribution is -2.31. The summed E-state index contributed by atoms with van der Waals surface area (Å²) in [7, 11) is 1.58. The molecule has 1 atom stereocenters. The lowest BCUT2D eigenvalue weighted by Gasteiger charge is -2.34. The molecule has 3 rings (SSSR count). The normalized spacial score (nSPS) is 15.1. The molecule has 0 aliphatic carbocycles. The number of nitrogens with zero attached hydrogens (tertiary/aromatic N) is 1. The Morgan fingerprint density at radius 1 is 1.25 bits per heavy atom. The summed E-state index contributed by atoms with van der Waals surface area (Å²) >= 11 is 5.53. The van der Waals surface area contributed by atoms with Gasteiger partial charge < -0.3 is 24.8 Å². The summed E-state index contributed by atoms with van der Waals surface area (Å²) < 4.78 is 26.1. The minimum Gasteiger partial charge on any atom is -0.497 e. The van der Waals surface area contributed by atoms with Crippen LogP contribution in [0.1, 0.15) is 37.0 Å². The van der Waals surface area contributed by atoms with Gasteiger partial charge in [0.25, 0.3) is 0 Å². The highest BCUT2D eigenvalue weighted by Gasteiger charge is 2.32. The van der Waals surface area contributed by atoms with Gasteiger partial charge in [-0.25, -0.2) is 4.39 Å². The number of aliphatic hydroxyl groups excluding tert-OH is 1. The Morgan fingerprint density at radius 2 is 2.00 bits per heavy atom. The first-order valence-corrected chi connectivity index (χ1v) is 11.1. The minimum absolute atomic E-state index is 0.0967. The van der Waals surface area contributed by atoms with Gasteiger partial charge >= 0.3 is 0 Å². The van der Waals surface area contributed by atoms with Gasteiger partial charge in [0.15, 0.2) is 0 Å². The number of anilines is 1. The van der Waals surface area contributed by atoms with Gasteiger partial charge in [-0.05, 0) is 42.7 Å². The van der Waals surface area contributed by atoms with E-state index in [4.69, 9.17) is 21.1 Å². The molecule has 2 N–H and O–H groups in total. The van der Waals surface area contributed by atoms with E-state index in [-0.39, 0.29) is 17.4 Å². The average Bonchev–Trinajstić information content (AvgIpc) is 2.82. The molecule has 2 aromatic rings. The molecule has 0 radical (unpaired) electrons. The number of aliphatic hydroxyl groups is 1. The van der Waals surface area contributed by atoms with Crippen molar-refractivity contribution in [2.24, 2.45) is 0 Å². The van der Waals surface area contributed by atoms with Crippen LogP contribution in [0.25, 0.3) is 5.57 Å². The van der Waals surface area contributed by atoms with E-state index in [0.29, 0.717) is 48.9 Å². The molecule has 1 aliphatic heterocycles. The number of carbonyl (C=O) groups excluding carboxylic acids is 1. The summed E-state index contributed by atoms with van der Waals surface area (Å²) in [5.41, 5.74) is 2.00. The summed E-state index contributed by atoms with van der Waals surface area (Å²) in [5, 5.41) is 13.9. The first kappa shape index (κ1) is 23.9. The number of hydrogen-bond acceptors (Lipinski definition) is 5. The Kier molecular flexibility index (Phi) is 8.36. The zero-order valence-electron chi connectivity index (χ0n) is 18.2. The number of halogens is 2. The SMILES string of the molecule is CCCOc1ccc(F)c2c1N(CCCNC(=O)CCl)C=C(c1ccc(OC)cc1)C2O. The number of carbonyl (C=O) groups is 1. The standard InChI is InChI=1S/C24H28ClFN2O4/c1-3-13-32-20-10-9-19(26)22-23(20)28(12-4-11-27-21(29)14-25)15-18(24(22)30)16-5-7-17(31-2)8-6-16/h5-10,15,24,30H,3-4,11-14H2,1-2H3,(H,27,29). The monoisotopic (exact) mass is 462 g/mol. The summed E-state index contributed by atoms with van der Waals surface area (Å²) in [5.74, 6) is 0.357. The molecule has 0 saturated carbocycles. The van der Waals surface area contributed by atoms with Crippen molar-refractivity contribution in [3.63, 3.8) is 0 Å². The van der Waals surface area contributed by atoms with Crippen molar-refractivity contribution in [1.82, 2.24) is 5.32 Å². The maximum Gasteiger partial charge on any atom is 0.234 e. The van der Waals surface area contributed by atoms with Crippen molar-refractivity contribution in [3.05, 3.63) is 59.5 Å². The Labute approximate surface area is 192 Å². The highest BCUT2D eigenvalue weighted by Crippen LogP contribution is 2.46. The molecule has 6 nitrogen and oxygen atoms in total. The lowest BCUT2D eigenvalue weighted by atomic mass is 9.90. The molecule has 0 spiro atoms. The van der Waals surface area contributed by atoms with Crippen LogP contribution in [-0.4, -0.2) is 43.7 Å². The first-order chi connectivity index (χ1) is 15.5. The van der Waals surface area contributed by atoms with Crippen molar-refractivity contribution in [1.29, 1.82) is 0 Å². The van der Waals surface area contributed by atoms with Crippen molar-refractivity contribution >= 4 is 28.8 Å². The van der Waals surface area contributed by atoms with Gasteiger partial charge in [0, 0.05) is 30.4 Å². The molecule has 0 fully saturated rings. The van der Waals surface area contributed by atoms with E-state index in [1.165, 1.54) is 6.07 Å². The van der Waals surface area contributed by atoms with Gasteiger partial charge in [-0.3, -0.25) is 4.79 Å². The number of ether oxygens (including phenoxy) is 2. The van der Waals surface area contributed by atoms with E-state index in [1.807, 2.05) is 30.2 Å². The maximum absolute atomic E-state index is 15.0. The third-order valence-electron chi connectivity index (χ3n) is 5.18. The van der Waals surface area contributed by atoms with Crippen LogP contribution >= 0.6 is 11.6 Å². The molecule has 0 bridgehead atoms. The molecule has 8 heteroatoms. The number of hydrogen-bond donors (Lipinski definition) is 2. The average molecular weight is 463 g/mol. The fourth-order valence-electron chi connectivity index (χ4n) is 3.62. The van der Waals surface area contributed by atoms with E-state index < -0.39 is 11.9 Å². The topological polar surface area (TPSA) is 71.0 Å². The number of methoxy groups -OCH3 is 1. The van der Waals surface area contributed by atoms with Crippen LogP contribution in [-0.2, 0) is 4.79 Å². The Hall–Kier alpha value is -2.77. The molecular weight excluding hydrogens is 435 g/mol. The largest absolute Gasteiger partial charge is 0.497 e. The summed E-state index contributed by atoms with van der Waals surface area (Å²) in [6, 6.07) is 10.2. The van der Waals surface area contributed by atoms with E-state index in [0.717, 1.165) is 12.0 Å². The van der Waals surface area contributed by atoms with Crippen molar-refractivity contribution < 1.29 is 23.8 Å². The van der Waals surface area contributed by atoms with Crippen molar-refractivity contribution in [2.75, 3.05) is 37.6 Å². The molecule has 0 saturated heterocycles.